The van der Waals surface area contributed by atoms with Crippen LogP contribution in [0.1, 0.15) is 34.0 Å². The monoisotopic (exact) mass is 243 g/mol. The summed E-state index contributed by atoms with van der Waals surface area (Å²) < 4.78 is 1.97. The van der Waals surface area contributed by atoms with Crippen molar-refractivity contribution in [1.82, 2.24) is 9.78 Å². The lowest BCUT2D eigenvalue weighted by Gasteiger charge is -2.21. The Morgan fingerprint density at radius 2 is 1.78 bits per heavy atom. The molecule has 1 unspecified atom stereocenters. The van der Waals surface area contributed by atoms with Gasteiger partial charge in [0.25, 0.3) is 0 Å². The van der Waals surface area contributed by atoms with Crippen LogP contribution in [0.3, 0.4) is 0 Å². The quantitative estimate of drug-likeness (QED) is 0.900. The number of aromatic nitrogens is 2. The summed E-state index contributed by atoms with van der Waals surface area (Å²) in [4.78, 5) is 0. The van der Waals surface area contributed by atoms with Gasteiger partial charge < -0.3 is 5.73 Å². The molecule has 18 heavy (non-hydrogen) atoms. The Kier molecular flexibility index (Phi) is 3.53. The molecule has 1 atom stereocenters. The topological polar surface area (TPSA) is 43.8 Å². The summed E-state index contributed by atoms with van der Waals surface area (Å²) in [7, 11) is 0. The minimum atomic E-state index is 0.124. The van der Waals surface area contributed by atoms with E-state index in [1.165, 1.54) is 22.3 Å². The molecular formula is C15H21N3. The Balaban J connectivity index is 2.51. The van der Waals surface area contributed by atoms with E-state index in [0.29, 0.717) is 6.54 Å². The maximum absolute atomic E-state index is 5.96. The molecule has 1 aromatic heterocycles. The molecule has 0 amide bonds. The highest BCUT2D eigenvalue weighted by Gasteiger charge is 2.17. The molecule has 0 fully saturated rings. The Morgan fingerprint density at radius 3 is 2.22 bits per heavy atom. The molecule has 0 aliphatic rings. The average Bonchev–Trinajstić information content (AvgIpc) is 2.69. The summed E-state index contributed by atoms with van der Waals surface area (Å²) in [5, 5.41) is 4.50. The molecule has 2 rings (SSSR count). The minimum Gasteiger partial charge on any atom is -0.328 e. The molecule has 0 radical (unpaired) electrons. The van der Waals surface area contributed by atoms with Crippen molar-refractivity contribution in [3.63, 3.8) is 0 Å². The Morgan fingerprint density at radius 1 is 1.17 bits per heavy atom. The molecule has 0 saturated heterocycles. The van der Waals surface area contributed by atoms with Crippen molar-refractivity contribution in [2.45, 2.75) is 33.7 Å². The van der Waals surface area contributed by atoms with Crippen molar-refractivity contribution in [3.8, 4) is 0 Å². The molecule has 3 heteroatoms. The van der Waals surface area contributed by atoms with Crippen molar-refractivity contribution in [3.05, 3.63) is 52.3 Å². The average molecular weight is 243 g/mol. The second kappa shape index (κ2) is 4.94. The molecule has 3 nitrogen and oxygen atoms in total. The van der Waals surface area contributed by atoms with Crippen LogP contribution in [-0.2, 0) is 0 Å². The van der Waals surface area contributed by atoms with Crippen LogP contribution in [0.2, 0.25) is 0 Å². The molecule has 0 aliphatic heterocycles. The summed E-state index contributed by atoms with van der Waals surface area (Å²) in [6.07, 6.45) is 2.01. The van der Waals surface area contributed by atoms with E-state index < -0.39 is 0 Å². The largest absolute Gasteiger partial charge is 0.328 e. The number of nitrogens with zero attached hydrogens (tertiary/aromatic N) is 2. The summed E-state index contributed by atoms with van der Waals surface area (Å²) in [6.45, 7) is 8.98. The lowest BCUT2D eigenvalue weighted by molar-refractivity contribution is 0.524. The second-order valence-electron chi connectivity index (χ2n) is 5.00. The van der Waals surface area contributed by atoms with Crippen LogP contribution in [-0.4, -0.2) is 16.3 Å². The zero-order chi connectivity index (χ0) is 13.3. The fourth-order valence-corrected chi connectivity index (χ4v) is 2.68. The molecule has 0 saturated carbocycles. The Bertz CT molecular complexity index is 532. The Hall–Kier alpha value is -1.61. The first kappa shape index (κ1) is 12.8. The van der Waals surface area contributed by atoms with E-state index in [4.69, 9.17) is 5.73 Å². The number of nitrogens with two attached hydrogens (primary N) is 1. The highest BCUT2D eigenvalue weighted by Crippen LogP contribution is 2.25. The van der Waals surface area contributed by atoms with E-state index in [0.717, 1.165) is 5.69 Å². The maximum Gasteiger partial charge on any atom is 0.0895 e. The summed E-state index contributed by atoms with van der Waals surface area (Å²) in [6, 6.07) is 6.56. The second-order valence-corrected chi connectivity index (χ2v) is 5.00. The third-order valence-electron chi connectivity index (χ3n) is 3.36. The third-order valence-corrected chi connectivity index (χ3v) is 3.36. The van der Waals surface area contributed by atoms with Crippen LogP contribution in [0.25, 0.3) is 0 Å². The normalized spacial score (nSPS) is 12.7. The van der Waals surface area contributed by atoms with E-state index in [1.807, 2.05) is 23.9 Å². The van der Waals surface area contributed by atoms with Crippen molar-refractivity contribution >= 4 is 0 Å². The predicted molar refractivity (Wildman–Crippen MR) is 74.8 cm³/mol. The van der Waals surface area contributed by atoms with E-state index in [1.54, 1.807) is 0 Å². The number of rotatable bonds is 3. The lowest BCUT2D eigenvalue weighted by atomic mass is 9.94. The fraction of sp³-hybridized carbons (Fsp3) is 0.400. The van der Waals surface area contributed by atoms with Crippen molar-refractivity contribution in [1.29, 1.82) is 0 Å². The van der Waals surface area contributed by atoms with E-state index >= 15 is 0 Å². The van der Waals surface area contributed by atoms with Gasteiger partial charge in [0.1, 0.15) is 0 Å². The minimum absolute atomic E-state index is 0.124. The number of hydrogen-bond donors (Lipinski definition) is 1. The van der Waals surface area contributed by atoms with Gasteiger partial charge in [-0.15, -0.1) is 0 Å². The van der Waals surface area contributed by atoms with Gasteiger partial charge in [0, 0.05) is 12.7 Å². The molecular weight excluding hydrogens is 222 g/mol. The van der Waals surface area contributed by atoms with Crippen LogP contribution >= 0.6 is 0 Å². The first-order valence-corrected chi connectivity index (χ1v) is 6.32. The highest BCUT2D eigenvalue weighted by molar-refractivity contribution is 5.40. The summed E-state index contributed by atoms with van der Waals surface area (Å²) >= 11 is 0. The van der Waals surface area contributed by atoms with E-state index in [2.05, 4.69) is 38.0 Å². The standard InChI is InChI=1S/C15H21N3/c1-10-7-11(2)15(12(3)8-10)14(9-16)18-6-5-13(4)17-18/h5-8,14H,9,16H2,1-4H3. The van der Waals surface area contributed by atoms with Crippen molar-refractivity contribution < 1.29 is 0 Å². The first-order chi connectivity index (χ1) is 8.52. The van der Waals surface area contributed by atoms with Crippen LogP contribution in [0, 0.1) is 27.7 Å². The maximum atomic E-state index is 5.96. The van der Waals surface area contributed by atoms with E-state index in [-0.39, 0.29) is 6.04 Å². The van der Waals surface area contributed by atoms with Gasteiger partial charge in [0.15, 0.2) is 0 Å². The zero-order valence-electron chi connectivity index (χ0n) is 11.6. The van der Waals surface area contributed by atoms with Gasteiger partial charge in [0.2, 0.25) is 0 Å². The molecule has 0 spiro atoms. The third kappa shape index (κ3) is 2.31. The van der Waals surface area contributed by atoms with Gasteiger partial charge >= 0.3 is 0 Å². The lowest BCUT2D eigenvalue weighted by Crippen LogP contribution is -2.23. The molecule has 2 N–H and O–H groups in total. The van der Waals surface area contributed by atoms with Gasteiger partial charge in [-0.1, -0.05) is 17.7 Å². The fourth-order valence-electron chi connectivity index (χ4n) is 2.68. The number of benzene rings is 1. The number of hydrogen-bond acceptors (Lipinski definition) is 2. The van der Waals surface area contributed by atoms with Gasteiger partial charge in [-0.25, -0.2) is 0 Å². The predicted octanol–water partition coefficient (Wildman–Crippen LogP) is 2.66. The molecule has 2 aromatic rings. The Labute approximate surface area is 109 Å². The molecule has 96 valence electrons. The highest BCUT2D eigenvalue weighted by atomic mass is 15.3. The zero-order valence-corrected chi connectivity index (χ0v) is 11.6. The summed E-state index contributed by atoms with van der Waals surface area (Å²) in [5.41, 5.74) is 12.2. The molecule has 0 bridgehead atoms. The SMILES string of the molecule is Cc1cc(C)c(C(CN)n2ccc(C)n2)c(C)c1. The number of aryl methyl sites for hydroxylation is 4. The molecule has 0 aliphatic carbocycles. The first-order valence-electron chi connectivity index (χ1n) is 6.32. The van der Waals surface area contributed by atoms with Crippen LogP contribution < -0.4 is 5.73 Å². The van der Waals surface area contributed by atoms with Gasteiger partial charge in [-0.3, -0.25) is 4.68 Å². The van der Waals surface area contributed by atoms with Crippen molar-refractivity contribution in [2.24, 2.45) is 5.73 Å². The van der Waals surface area contributed by atoms with E-state index in [9.17, 15) is 0 Å². The summed E-state index contributed by atoms with van der Waals surface area (Å²) in [5.74, 6) is 0. The van der Waals surface area contributed by atoms with Gasteiger partial charge in [0.05, 0.1) is 11.7 Å². The van der Waals surface area contributed by atoms with Gasteiger partial charge in [-0.05, 0) is 50.5 Å². The molecule has 1 aromatic carbocycles. The van der Waals surface area contributed by atoms with Crippen LogP contribution in [0.4, 0.5) is 0 Å². The smallest absolute Gasteiger partial charge is 0.0895 e. The van der Waals surface area contributed by atoms with Crippen LogP contribution in [0.15, 0.2) is 24.4 Å². The van der Waals surface area contributed by atoms with Crippen LogP contribution in [0.5, 0.6) is 0 Å². The molecule has 1 heterocycles. The van der Waals surface area contributed by atoms with Crippen molar-refractivity contribution in [2.75, 3.05) is 6.54 Å². The van der Waals surface area contributed by atoms with Gasteiger partial charge in [-0.2, -0.15) is 5.10 Å².